The lowest BCUT2D eigenvalue weighted by Crippen LogP contribution is -2.56. The van der Waals surface area contributed by atoms with E-state index in [2.05, 4.69) is 52.0 Å². The van der Waals surface area contributed by atoms with Gasteiger partial charge in [0.1, 0.15) is 55.4 Å². The van der Waals surface area contributed by atoms with Gasteiger partial charge in [0.15, 0.2) is 5.82 Å². The van der Waals surface area contributed by atoms with E-state index in [1.807, 2.05) is 74.4 Å². The highest BCUT2D eigenvalue weighted by atomic mass is 16.5. The molecule has 0 aliphatic carbocycles. The van der Waals surface area contributed by atoms with Crippen LogP contribution in [-0.2, 0) is 31.0 Å². The predicted molar refractivity (Wildman–Crippen MR) is 263 cm³/mol. The molecule has 6 N–H and O–H groups in total. The van der Waals surface area contributed by atoms with E-state index in [-0.39, 0.29) is 36.9 Å². The van der Waals surface area contributed by atoms with E-state index >= 15 is 0 Å². The van der Waals surface area contributed by atoms with E-state index in [1.165, 1.54) is 25.1 Å². The van der Waals surface area contributed by atoms with Gasteiger partial charge in [0.2, 0.25) is 23.6 Å². The van der Waals surface area contributed by atoms with Crippen LogP contribution >= 0.6 is 0 Å². The normalized spacial score (nSPS) is 16.6. The monoisotopic (exact) mass is 946 g/mol. The largest absolute Gasteiger partial charge is 0.492 e. The number of hydrogen-bond acceptors (Lipinski definition) is 13. The number of aryl methyl sites for hydroxylation is 1. The van der Waals surface area contributed by atoms with Crippen molar-refractivity contribution in [2.24, 2.45) is 5.73 Å². The third-order valence-corrected chi connectivity index (χ3v) is 11.7. The molecule has 0 fully saturated rings. The van der Waals surface area contributed by atoms with E-state index in [9.17, 15) is 29.2 Å². The van der Waals surface area contributed by atoms with Crippen LogP contribution in [0.3, 0.4) is 0 Å². The minimum absolute atomic E-state index is 0.0107. The van der Waals surface area contributed by atoms with Crippen molar-refractivity contribution in [1.29, 1.82) is 5.26 Å². The second-order valence-corrected chi connectivity index (χ2v) is 18.7. The molecule has 18 heteroatoms. The number of likely N-dealkylation sites (N-methyl/N-ethyl adjacent to an activating group) is 3. The van der Waals surface area contributed by atoms with Crippen LogP contribution in [0.5, 0.6) is 11.5 Å². The molecule has 4 bridgehead atoms. The van der Waals surface area contributed by atoms with Crippen molar-refractivity contribution >= 4 is 29.5 Å². The maximum absolute atomic E-state index is 14.8. The molecule has 0 unspecified atom stereocenters. The Hall–Kier alpha value is -6.94. The van der Waals surface area contributed by atoms with Gasteiger partial charge in [-0.15, -0.1) is 0 Å². The third kappa shape index (κ3) is 14.1. The molecule has 69 heavy (non-hydrogen) atoms. The van der Waals surface area contributed by atoms with Gasteiger partial charge in [-0.2, -0.15) is 5.26 Å². The van der Waals surface area contributed by atoms with Gasteiger partial charge in [0.05, 0.1) is 17.3 Å². The Morgan fingerprint density at radius 2 is 1.52 bits per heavy atom. The van der Waals surface area contributed by atoms with Crippen LogP contribution in [0, 0.1) is 18.3 Å². The molecular weight excluding hydrogens is 879 g/mol. The fourth-order valence-corrected chi connectivity index (χ4v) is 7.65. The summed E-state index contributed by atoms with van der Waals surface area (Å²) in [7, 11) is 9.15. The summed E-state index contributed by atoms with van der Waals surface area (Å²) in [5, 5.41) is 20.1. The molecule has 5 amide bonds. The molecule has 5 rings (SSSR count). The number of benzene rings is 3. The Bertz CT molecular complexity index is 2520. The Kier molecular flexibility index (Phi) is 18.3. The number of nitriles is 1. The predicted octanol–water partition coefficient (Wildman–Crippen LogP) is 3.13. The summed E-state index contributed by atoms with van der Waals surface area (Å²) < 4.78 is 12.8. The number of hydrogen-bond donors (Lipinski definition) is 5. The molecule has 368 valence electrons. The molecule has 4 atom stereocenters. The molecule has 0 spiro atoms. The van der Waals surface area contributed by atoms with Gasteiger partial charge in [-0.25, -0.2) is 9.97 Å². The van der Waals surface area contributed by atoms with Gasteiger partial charge in [-0.3, -0.25) is 24.0 Å². The molecule has 1 aromatic heterocycles. The van der Waals surface area contributed by atoms with Gasteiger partial charge in [-0.05, 0) is 101 Å². The van der Waals surface area contributed by atoms with Crippen molar-refractivity contribution in [3.05, 3.63) is 94.8 Å². The fourth-order valence-electron chi connectivity index (χ4n) is 7.65. The molecular formula is C51H67N11O7. The third-order valence-electron chi connectivity index (χ3n) is 11.7. The number of carbonyl (C=O) groups excluding carboxylic acids is 5. The lowest BCUT2D eigenvalue weighted by Gasteiger charge is -2.32. The van der Waals surface area contributed by atoms with Crippen molar-refractivity contribution in [2.45, 2.75) is 77.0 Å². The second-order valence-electron chi connectivity index (χ2n) is 18.7. The number of rotatable bonds is 17. The minimum Gasteiger partial charge on any atom is -0.492 e. The molecule has 3 aromatic carbocycles. The zero-order chi connectivity index (χ0) is 50.6. The molecule has 0 saturated carbocycles. The van der Waals surface area contributed by atoms with E-state index in [0.29, 0.717) is 71.6 Å². The summed E-state index contributed by atoms with van der Waals surface area (Å²) in [5.41, 5.74) is 10.6. The van der Waals surface area contributed by atoms with Crippen LogP contribution < -0.4 is 36.5 Å². The first-order valence-corrected chi connectivity index (χ1v) is 23.0. The Labute approximate surface area is 405 Å². The standard InChI is InChI=1S/C51H67N11O7/c1-31-39(30-55-45(56-31)34-12-15-36(16-13-34)51(3,4)5)47(64)58-40(19-20-52)50(67)62(10)44-35-14-18-43(69-26-24-61(8)9)38(29-35)37-27-33(11-17-42(37)68-25-23-60(6)7)28-41(48(65)54-22-21-53)59-46(63)32(2)57-49(44)66/h11-18,27,29-30,32,40-41,44H,19-20,22-26,28,52H2,1-10H3,(H,54,65)(H,57,66)(H,58,64)(H,59,63)/t32-,40-,41-,44-/m0/s1. The van der Waals surface area contributed by atoms with Crippen LogP contribution in [-0.4, -0.2) is 147 Å². The van der Waals surface area contributed by atoms with Crippen LogP contribution in [0.25, 0.3) is 22.5 Å². The van der Waals surface area contributed by atoms with Gasteiger partial charge in [-0.1, -0.05) is 57.2 Å². The SMILES string of the molecule is Cc1nc(-c2ccc(C(C)(C)C)cc2)ncc1C(=O)N[C@@H](CCN)C(=O)N(C)[C@@H]1C(=O)N[C@@H](C)C(=O)N[C@H](C(=O)NCC#N)Cc2ccc(OCCN(C)C)c(c2)-c2cc1ccc2OCCN(C)C. The number of nitrogens with two attached hydrogens (primary N) is 1. The number of nitrogens with one attached hydrogen (secondary N) is 4. The number of aromatic nitrogens is 2. The first-order valence-electron chi connectivity index (χ1n) is 23.0. The van der Waals surface area contributed by atoms with E-state index in [0.717, 1.165) is 11.1 Å². The van der Waals surface area contributed by atoms with Gasteiger partial charge in [0.25, 0.3) is 5.91 Å². The van der Waals surface area contributed by atoms with Crippen molar-refractivity contribution in [3.8, 4) is 40.1 Å². The summed E-state index contributed by atoms with van der Waals surface area (Å²) in [6, 6.07) is 15.5. The quantitative estimate of drug-likeness (QED) is 0.0959. The molecule has 2 heterocycles. The molecule has 0 saturated heterocycles. The lowest BCUT2D eigenvalue weighted by atomic mass is 9.87. The average molecular weight is 946 g/mol. The summed E-state index contributed by atoms with van der Waals surface area (Å²) in [6.45, 7) is 11.1. The molecule has 0 radical (unpaired) electrons. The Balaban J connectivity index is 1.58. The zero-order valence-electron chi connectivity index (χ0n) is 41.4. The van der Waals surface area contributed by atoms with Crippen LogP contribution in [0.2, 0.25) is 0 Å². The number of nitrogens with zero attached hydrogens (tertiary/aromatic N) is 6. The molecule has 1 aliphatic rings. The van der Waals surface area contributed by atoms with Gasteiger partial charge < -0.3 is 51.2 Å². The van der Waals surface area contributed by atoms with Crippen LogP contribution in [0.1, 0.15) is 72.9 Å². The Morgan fingerprint density at radius 3 is 2.10 bits per heavy atom. The Morgan fingerprint density at radius 1 is 0.899 bits per heavy atom. The smallest absolute Gasteiger partial charge is 0.255 e. The van der Waals surface area contributed by atoms with Crippen molar-refractivity contribution in [2.75, 3.05) is 74.6 Å². The average Bonchev–Trinajstić information content (AvgIpc) is 3.30. The summed E-state index contributed by atoms with van der Waals surface area (Å²) in [4.78, 5) is 85.1. The molecule has 1 aliphatic heterocycles. The number of amides is 5. The first kappa shape index (κ1) is 53.0. The van der Waals surface area contributed by atoms with Crippen molar-refractivity contribution in [3.63, 3.8) is 0 Å². The number of fused-ring (bicyclic) bond motifs is 5. The highest BCUT2D eigenvalue weighted by Crippen LogP contribution is 2.40. The van der Waals surface area contributed by atoms with E-state index in [1.54, 1.807) is 37.3 Å². The lowest BCUT2D eigenvalue weighted by molar-refractivity contribution is -0.141. The molecule has 4 aromatic rings. The minimum atomic E-state index is -1.38. The van der Waals surface area contributed by atoms with Gasteiger partial charge >= 0.3 is 0 Å². The summed E-state index contributed by atoms with van der Waals surface area (Å²) in [6.07, 6.45) is 1.46. The summed E-state index contributed by atoms with van der Waals surface area (Å²) in [5.74, 6) is -1.89. The number of ether oxygens (including phenoxy) is 2. The van der Waals surface area contributed by atoms with Crippen molar-refractivity contribution < 1.29 is 33.4 Å². The second kappa shape index (κ2) is 23.9. The highest BCUT2D eigenvalue weighted by Gasteiger charge is 2.36. The van der Waals surface area contributed by atoms with Gasteiger partial charge in [0, 0.05) is 49.4 Å². The molecule has 18 nitrogen and oxygen atoms in total. The topological polar surface area (TPSA) is 237 Å². The van der Waals surface area contributed by atoms with E-state index in [4.69, 9.17) is 15.2 Å². The van der Waals surface area contributed by atoms with Crippen LogP contribution in [0.4, 0.5) is 0 Å². The first-order chi connectivity index (χ1) is 32.7. The number of carbonyl (C=O) groups is 5. The summed E-state index contributed by atoms with van der Waals surface area (Å²) >= 11 is 0. The van der Waals surface area contributed by atoms with Crippen molar-refractivity contribution in [1.82, 2.24) is 45.9 Å². The highest BCUT2D eigenvalue weighted by molar-refractivity contribution is 6.00. The maximum atomic E-state index is 14.8. The zero-order valence-corrected chi connectivity index (χ0v) is 41.4. The van der Waals surface area contributed by atoms with Crippen LogP contribution in [0.15, 0.2) is 66.9 Å². The maximum Gasteiger partial charge on any atom is 0.255 e. The van der Waals surface area contributed by atoms with E-state index < -0.39 is 53.7 Å². The fraction of sp³-hybridized carbons (Fsp3) is 0.451.